The standard InChI is InChI=1S/C7H9BrN4OS/c8-6-11-12-7(14-6)9-3-5(13)10-4-1-2-4/h4H,1-3H2,(H,9,12)(H,10,13). The van der Waals surface area contributed by atoms with E-state index < -0.39 is 0 Å². The lowest BCUT2D eigenvalue weighted by Gasteiger charge is -2.02. The summed E-state index contributed by atoms with van der Waals surface area (Å²) < 4.78 is 0.711. The van der Waals surface area contributed by atoms with Gasteiger partial charge in [-0.05, 0) is 28.8 Å². The predicted molar refractivity (Wildman–Crippen MR) is 57.3 cm³/mol. The van der Waals surface area contributed by atoms with E-state index in [9.17, 15) is 4.79 Å². The predicted octanol–water partition coefficient (Wildman–Crippen LogP) is 0.991. The first-order valence-electron chi connectivity index (χ1n) is 4.26. The number of aromatic nitrogens is 2. The fraction of sp³-hybridized carbons (Fsp3) is 0.571. The number of carbonyl (C=O) groups is 1. The van der Waals surface area contributed by atoms with Gasteiger partial charge in [0.05, 0.1) is 6.54 Å². The molecule has 0 aromatic carbocycles. The van der Waals surface area contributed by atoms with Gasteiger partial charge in [0.1, 0.15) is 0 Å². The molecule has 7 heteroatoms. The molecule has 2 rings (SSSR count). The summed E-state index contributed by atoms with van der Waals surface area (Å²) in [5.74, 6) is 0.0128. The number of amides is 1. The molecule has 0 saturated heterocycles. The zero-order valence-corrected chi connectivity index (χ0v) is 9.69. The Bertz CT molecular complexity index is 338. The molecule has 0 spiro atoms. The van der Waals surface area contributed by atoms with Gasteiger partial charge in [-0.1, -0.05) is 11.3 Å². The van der Waals surface area contributed by atoms with E-state index in [0.717, 1.165) is 12.8 Å². The number of carbonyl (C=O) groups excluding carboxylic acids is 1. The largest absolute Gasteiger partial charge is 0.352 e. The molecule has 0 bridgehead atoms. The molecule has 2 N–H and O–H groups in total. The zero-order chi connectivity index (χ0) is 9.97. The van der Waals surface area contributed by atoms with Gasteiger partial charge in [0.25, 0.3) is 0 Å². The maximum absolute atomic E-state index is 11.2. The first kappa shape index (κ1) is 9.85. The van der Waals surface area contributed by atoms with Crippen molar-refractivity contribution in [1.82, 2.24) is 15.5 Å². The minimum atomic E-state index is 0.0128. The van der Waals surface area contributed by atoms with Crippen molar-refractivity contribution in [1.29, 1.82) is 0 Å². The van der Waals surface area contributed by atoms with Crippen molar-refractivity contribution in [2.45, 2.75) is 18.9 Å². The van der Waals surface area contributed by atoms with E-state index in [0.29, 0.717) is 15.1 Å². The Kier molecular flexibility index (Phi) is 2.97. The average Bonchev–Trinajstić information content (AvgIpc) is 2.85. The van der Waals surface area contributed by atoms with Gasteiger partial charge >= 0.3 is 0 Å². The van der Waals surface area contributed by atoms with Crippen molar-refractivity contribution in [2.75, 3.05) is 11.9 Å². The van der Waals surface area contributed by atoms with Crippen molar-refractivity contribution >= 4 is 38.3 Å². The number of nitrogens with one attached hydrogen (secondary N) is 2. The van der Waals surface area contributed by atoms with Gasteiger partial charge in [-0.3, -0.25) is 4.79 Å². The first-order chi connectivity index (χ1) is 6.74. The van der Waals surface area contributed by atoms with E-state index >= 15 is 0 Å². The Morgan fingerprint density at radius 3 is 2.93 bits per heavy atom. The fourth-order valence-corrected chi connectivity index (χ4v) is 1.95. The van der Waals surface area contributed by atoms with Crippen LogP contribution in [0.3, 0.4) is 0 Å². The van der Waals surface area contributed by atoms with E-state index in [4.69, 9.17) is 0 Å². The van der Waals surface area contributed by atoms with E-state index in [-0.39, 0.29) is 12.5 Å². The SMILES string of the molecule is O=C(CNc1nnc(Br)s1)NC1CC1. The molecule has 1 aliphatic rings. The third-order valence-corrected chi connectivity index (χ3v) is 3.06. The van der Waals surface area contributed by atoms with E-state index in [1.165, 1.54) is 11.3 Å². The first-order valence-corrected chi connectivity index (χ1v) is 5.87. The molecule has 0 atom stereocenters. The van der Waals surface area contributed by atoms with Crippen LogP contribution in [0, 0.1) is 0 Å². The van der Waals surface area contributed by atoms with Crippen LogP contribution in [0.4, 0.5) is 5.13 Å². The molecule has 0 radical (unpaired) electrons. The fourth-order valence-electron chi connectivity index (χ4n) is 0.939. The van der Waals surface area contributed by atoms with Crippen molar-refractivity contribution in [2.24, 2.45) is 0 Å². The topological polar surface area (TPSA) is 66.9 Å². The number of anilines is 1. The number of halogens is 1. The summed E-state index contributed by atoms with van der Waals surface area (Å²) in [5, 5.41) is 14.0. The van der Waals surface area contributed by atoms with E-state index in [2.05, 4.69) is 36.8 Å². The van der Waals surface area contributed by atoms with Crippen LogP contribution in [0.1, 0.15) is 12.8 Å². The number of nitrogens with zero attached hydrogens (tertiary/aromatic N) is 2. The summed E-state index contributed by atoms with van der Waals surface area (Å²) in [4.78, 5) is 11.2. The monoisotopic (exact) mass is 276 g/mol. The van der Waals surface area contributed by atoms with Crippen molar-refractivity contribution in [3.63, 3.8) is 0 Å². The summed E-state index contributed by atoms with van der Waals surface area (Å²) in [6, 6.07) is 0.408. The molecular formula is C7H9BrN4OS. The third-order valence-electron chi connectivity index (χ3n) is 1.74. The van der Waals surface area contributed by atoms with Gasteiger partial charge in [0.15, 0.2) is 3.92 Å². The summed E-state index contributed by atoms with van der Waals surface area (Å²) in [6.07, 6.45) is 2.21. The smallest absolute Gasteiger partial charge is 0.239 e. The highest BCUT2D eigenvalue weighted by Gasteiger charge is 2.22. The van der Waals surface area contributed by atoms with Crippen LogP contribution in [0.25, 0.3) is 0 Å². The highest BCUT2D eigenvalue weighted by Crippen LogP contribution is 2.20. The summed E-state index contributed by atoms with van der Waals surface area (Å²) in [5.41, 5.74) is 0. The van der Waals surface area contributed by atoms with Crippen LogP contribution in [0.2, 0.25) is 0 Å². The number of hydrogen-bond donors (Lipinski definition) is 2. The Balaban J connectivity index is 1.73. The number of rotatable bonds is 4. The minimum Gasteiger partial charge on any atom is -0.352 e. The maximum Gasteiger partial charge on any atom is 0.239 e. The van der Waals surface area contributed by atoms with Gasteiger partial charge in [0.2, 0.25) is 11.0 Å². The van der Waals surface area contributed by atoms with Crippen molar-refractivity contribution in [3.8, 4) is 0 Å². The van der Waals surface area contributed by atoms with Crippen molar-refractivity contribution in [3.05, 3.63) is 3.92 Å². The molecule has 1 aliphatic carbocycles. The summed E-state index contributed by atoms with van der Waals surface area (Å²) in [7, 11) is 0. The summed E-state index contributed by atoms with van der Waals surface area (Å²) >= 11 is 4.56. The quantitative estimate of drug-likeness (QED) is 0.861. The average molecular weight is 277 g/mol. The molecule has 1 saturated carbocycles. The molecule has 0 unspecified atom stereocenters. The molecule has 1 amide bonds. The molecule has 14 heavy (non-hydrogen) atoms. The van der Waals surface area contributed by atoms with Gasteiger partial charge in [-0.25, -0.2) is 0 Å². The molecule has 1 fully saturated rings. The normalized spacial score (nSPS) is 15.2. The van der Waals surface area contributed by atoms with E-state index in [1.807, 2.05) is 0 Å². The molecule has 1 heterocycles. The second-order valence-corrected chi connectivity index (χ2v) is 5.31. The van der Waals surface area contributed by atoms with Gasteiger partial charge in [-0.15, -0.1) is 10.2 Å². The van der Waals surface area contributed by atoms with Gasteiger partial charge in [0, 0.05) is 6.04 Å². The lowest BCUT2D eigenvalue weighted by molar-refractivity contribution is -0.119. The van der Waals surface area contributed by atoms with Crippen LogP contribution >= 0.6 is 27.3 Å². The van der Waals surface area contributed by atoms with Crippen LogP contribution in [0.15, 0.2) is 3.92 Å². The highest BCUT2D eigenvalue weighted by atomic mass is 79.9. The maximum atomic E-state index is 11.2. The molecule has 1 aromatic heterocycles. The lowest BCUT2D eigenvalue weighted by Crippen LogP contribution is -2.31. The van der Waals surface area contributed by atoms with Crippen LogP contribution < -0.4 is 10.6 Å². The second kappa shape index (κ2) is 4.22. The highest BCUT2D eigenvalue weighted by molar-refractivity contribution is 9.11. The Morgan fingerprint density at radius 2 is 2.36 bits per heavy atom. The summed E-state index contributed by atoms with van der Waals surface area (Å²) in [6.45, 7) is 0.262. The molecule has 76 valence electrons. The molecule has 1 aromatic rings. The Hall–Kier alpha value is -0.690. The third kappa shape index (κ3) is 2.91. The molecule has 0 aliphatic heterocycles. The van der Waals surface area contributed by atoms with Crippen LogP contribution in [-0.4, -0.2) is 28.7 Å². The number of hydrogen-bond acceptors (Lipinski definition) is 5. The lowest BCUT2D eigenvalue weighted by atomic mass is 10.5. The Morgan fingerprint density at radius 1 is 1.57 bits per heavy atom. The van der Waals surface area contributed by atoms with Crippen LogP contribution in [0.5, 0.6) is 0 Å². The Labute approximate surface area is 93.4 Å². The van der Waals surface area contributed by atoms with E-state index in [1.54, 1.807) is 0 Å². The minimum absolute atomic E-state index is 0.0128. The van der Waals surface area contributed by atoms with Gasteiger partial charge < -0.3 is 10.6 Å². The molecular weight excluding hydrogens is 268 g/mol. The van der Waals surface area contributed by atoms with Crippen LogP contribution in [-0.2, 0) is 4.79 Å². The molecule has 5 nitrogen and oxygen atoms in total. The van der Waals surface area contributed by atoms with Gasteiger partial charge in [-0.2, -0.15) is 0 Å². The second-order valence-electron chi connectivity index (χ2n) is 3.06. The zero-order valence-electron chi connectivity index (χ0n) is 7.29. The van der Waals surface area contributed by atoms with Crippen molar-refractivity contribution < 1.29 is 4.79 Å².